The summed E-state index contributed by atoms with van der Waals surface area (Å²) in [5.41, 5.74) is 0.717. The molecule has 0 aliphatic carbocycles. The van der Waals surface area contributed by atoms with E-state index < -0.39 is 47.8 Å². The predicted molar refractivity (Wildman–Crippen MR) is 122 cm³/mol. The average Bonchev–Trinajstić information content (AvgIpc) is 3.23. The summed E-state index contributed by atoms with van der Waals surface area (Å²) >= 11 is 0. The molecule has 1 unspecified atom stereocenters. The minimum atomic E-state index is -4.75. The van der Waals surface area contributed by atoms with E-state index in [0.29, 0.717) is 5.71 Å². The third kappa shape index (κ3) is 6.47. The molecule has 37 heavy (non-hydrogen) atoms. The third-order valence-corrected chi connectivity index (χ3v) is 6.94. The van der Waals surface area contributed by atoms with Crippen LogP contribution < -0.4 is 69.1 Å². The second kappa shape index (κ2) is 11.6. The summed E-state index contributed by atoms with van der Waals surface area (Å²) in [6, 6.07) is 9.65. The van der Waals surface area contributed by atoms with E-state index in [4.69, 9.17) is 0 Å². The van der Waals surface area contributed by atoms with Crippen molar-refractivity contribution in [3.8, 4) is 0 Å². The van der Waals surface area contributed by atoms with Crippen LogP contribution in [-0.2, 0) is 29.8 Å². The Balaban J connectivity index is 0.00000241. The fourth-order valence-electron chi connectivity index (χ4n) is 3.55. The first-order valence-corrected chi connectivity index (χ1v) is 12.7. The first-order chi connectivity index (χ1) is 16.3. The molecule has 2 heterocycles. The van der Waals surface area contributed by atoms with Crippen LogP contribution in [0, 0.1) is 5.92 Å². The number of carbonyl (C=O) groups is 2. The van der Waals surface area contributed by atoms with Crippen LogP contribution in [0.1, 0.15) is 13.8 Å². The third-order valence-electron chi connectivity index (χ3n) is 5.28. The van der Waals surface area contributed by atoms with Crippen molar-refractivity contribution in [2.45, 2.75) is 23.6 Å². The number of rotatable bonds is 5. The molecule has 4 rings (SSSR count). The van der Waals surface area contributed by atoms with Gasteiger partial charge < -0.3 is 9.11 Å². The first kappa shape index (κ1) is 31.5. The molecule has 2 aliphatic rings. The molecule has 182 valence electrons. The second-order valence-corrected chi connectivity index (χ2v) is 10.4. The number of nitrogens with zero attached hydrogens (tertiary/aromatic N) is 4. The van der Waals surface area contributed by atoms with Crippen molar-refractivity contribution in [3.05, 3.63) is 60.2 Å². The Labute approximate surface area is 257 Å². The summed E-state index contributed by atoms with van der Waals surface area (Å²) < 4.78 is 67.9. The van der Waals surface area contributed by atoms with Gasteiger partial charge in [0.05, 0.1) is 44.1 Å². The summed E-state index contributed by atoms with van der Waals surface area (Å²) in [6.45, 7) is 3.06. The van der Waals surface area contributed by atoms with E-state index in [1.54, 1.807) is 6.92 Å². The zero-order valence-corrected chi connectivity index (χ0v) is 25.8. The van der Waals surface area contributed by atoms with Gasteiger partial charge in [0, 0.05) is 0 Å². The number of hydrazone groups is 2. The van der Waals surface area contributed by atoms with Crippen LogP contribution in [-0.4, -0.2) is 49.2 Å². The maximum Gasteiger partial charge on any atom is 1.00 e. The minimum absolute atomic E-state index is 0. The van der Waals surface area contributed by atoms with E-state index in [1.807, 2.05) is 0 Å². The summed E-state index contributed by atoms with van der Waals surface area (Å²) in [5, 5.41) is 10.1. The molecule has 0 saturated heterocycles. The Morgan fingerprint density at radius 1 is 0.811 bits per heavy atom. The number of hydrogen-bond acceptors (Lipinski definition) is 10. The van der Waals surface area contributed by atoms with Gasteiger partial charge in [-0.1, -0.05) is 18.2 Å². The van der Waals surface area contributed by atoms with Crippen molar-refractivity contribution in [1.29, 1.82) is 0 Å². The summed E-state index contributed by atoms with van der Waals surface area (Å²) in [6.07, 6.45) is 1.35. The van der Waals surface area contributed by atoms with E-state index in [-0.39, 0.29) is 81.8 Å². The van der Waals surface area contributed by atoms with Crippen LogP contribution >= 0.6 is 0 Å². The van der Waals surface area contributed by atoms with E-state index in [2.05, 4.69) is 10.2 Å². The maximum atomic E-state index is 13.1. The Bertz CT molecular complexity index is 1590. The zero-order chi connectivity index (χ0) is 25.7. The molecular weight excluding hydrogens is 546 g/mol. The Morgan fingerprint density at radius 2 is 1.30 bits per heavy atom. The minimum Gasteiger partial charge on any atom is -0.744 e. The van der Waals surface area contributed by atoms with Gasteiger partial charge in [-0.3, -0.25) is 9.59 Å². The summed E-state index contributed by atoms with van der Waals surface area (Å²) in [5.74, 6) is -2.23. The normalized spacial score (nSPS) is 18.9. The molecule has 12 nitrogen and oxygen atoms in total. The van der Waals surface area contributed by atoms with Crippen molar-refractivity contribution in [1.82, 2.24) is 0 Å². The largest absolute Gasteiger partial charge is 1.00 e. The van der Waals surface area contributed by atoms with Crippen molar-refractivity contribution >= 4 is 54.8 Å². The first-order valence-electron chi connectivity index (χ1n) is 9.90. The van der Waals surface area contributed by atoms with Gasteiger partial charge in [0.15, 0.2) is 0 Å². The molecule has 0 saturated carbocycles. The molecule has 2 aromatic carbocycles. The van der Waals surface area contributed by atoms with Crippen LogP contribution in [0.25, 0.3) is 0 Å². The zero-order valence-electron chi connectivity index (χ0n) is 20.1. The smallest absolute Gasteiger partial charge is 0.744 e. The van der Waals surface area contributed by atoms with Crippen LogP contribution in [0.5, 0.6) is 0 Å². The molecule has 0 N–H and O–H groups in total. The fourth-order valence-corrected chi connectivity index (χ4v) is 4.57. The van der Waals surface area contributed by atoms with Crippen LogP contribution in [0.3, 0.4) is 0 Å². The number of anilines is 2. The average molecular weight is 562 g/mol. The van der Waals surface area contributed by atoms with Gasteiger partial charge in [0.2, 0.25) is 0 Å². The van der Waals surface area contributed by atoms with Crippen LogP contribution in [0.2, 0.25) is 0 Å². The molecule has 2 aliphatic heterocycles. The SMILES string of the molecule is CC1=NN(c2cccc(S(=O)(=O)[O-])c2)C(=O)C1=CC1C(=O)N(c2cccc(S(=O)(=O)[O-])c2)N=C1C.[Na+].[Na+]. The number of benzene rings is 2. The second-order valence-electron chi connectivity index (χ2n) is 7.65. The Kier molecular flexibility index (Phi) is 9.85. The van der Waals surface area contributed by atoms with Gasteiger partial charge in [0.1, 0.15) is 20.2 Å². The molecule has 2 aromatic rings. The molecule has 16 heteroatoms. The molecule has 1 atom stereocenters. The van der Waals surface area contributed by atoms with Crippen molar-refractivity contribution < 1.29 is 94.6 Å². The van der Waals surface area contributed by atoms with Gasteiger partial charge in [-0.05, 0) is 50.2 Å². The molecule has 0 radical (unpaired) electrons. The van der Waals surface area contributed by atoms with E-state index >= 15 is 0 Å². The Morgan fingerprint density at radius 3 is 1.78 bits per heavy atom. The van der Waals surface area contributed by atoms with E-state index in [9.17, 15) is 35.5 Å². The number of hydrogen-bond donors (Lipinski definition) is 0. The van der Waals surface area contributed by atoms with E-state index in [1.165, 1.54) is 37.3 Å². The van der Waals surface area contributed by atoms with Crippen molar-refractivity contribution in [3.63, 3.8) is 0 Å². The van der Waals surface area contributed by atoms with Gasteiger partial charge >= 0.3 is 59.1 Å². The topological polar surface area (TPSA) is 180 Å². The fraction of sp³-hybridized carbons (Fsp3) is 0.143. The monoisotopic (exact) mass is 562 g/mol. The van der Waals surface area contributed by atoms with Crippen molar-refractivity contribution in [2.75, 3.05) is 10.0 Å². The quantitative estimate of drug-likeness (QED) is 0.198. The molecule has 2 amide bonds. The molecule has 0 bridgehead atoms. The Hall–Kier alpha value is -1.72. The molecule has 0 fully saturated rings. The molecular formula is C21H16N4Na2O8S2. The standard InChI is InChI=1S/C21H18N4O8S2.2Na/c1-12-18(20(26)24(22-12)14-5-3-7-16(9-14)34(28,29)30)11-19-13(2)23-25(21(19)27)15-6-4-8-17(10-15)35(31,32)33;;/h3-11,18H,1-2H3,(H,28,29,30)(H,31,32,33);;/q;2*+1/p-2. The van der Waals surface area contributed by atoms with Gasteiger partial charge in [-0.15, -0.1) is 0 Å². The van der Waals surface area contributed by atoms with Gasteiger partial charge in [-0.2, -0.15) is 20.2 Å². The maximum absolute atomic E-state index is 13.1. The molecule has 0 aromatic heterocycles. The van der Waals surface area contributed by atoms with Gasteiger partial charge in [-0.25, -0.2) is 16.8 Å². The van der Waals surface area contributed by atoms with Crippen LogP contribution in [0.4, 0.5) is 11.4 Å². The predicted octanol–water partition coefficient (Wildman–Crippen LogP) is -4.81. The van der Waals surface area contributed by atoms with E-state index in [0.717, 1.165) is 34.3 Å². The summed E-state index contributed by atoms with van der Waals surface area (Å²) in [7, 11) is -9.50. The summed E-state index contributed by atoms with van der Waals surface area (Å²) in [4.78, 5) is 25.0. The van der Waals surface area contributed by atoms with Crippen LogP contribution in [0.15, 0.2) is 80.2 Å². The molecule has 0 spiro atoms. The number of carbonyl (C=O) groups excluding carboxylic acids is 2. The number of amides is 2. The van der Waals surface area contributed by atoms with Gasteiger partial charge in [0.25, 0.3) is 11.8 Å². The van der Waals surface area contributed by atoms with Crippen molar-refractivity contribution in [2.24, 2.45) is 16.1 Å².